The first kappa shape index (κ1) is 73.3. The van der Waals surface area contributed by atoms with E-state index in [-0.39, 0.29) is 0 Å². The summed E-state index contributed by atoms with van der Waals surface area (Å²) in [6.07, 6.45) is 0. The Labute approximate surface area is 723 Å². The SMILES string of the molecule is c1ccc(N2c3cccc(c3)-c3cccc(c3)-c3cc(-c4ccc5oc6ccccc6c5c4)nc(n3)-c3cccc(c3)-c3cccc2c3)cc1.c1ccc(Oc2ccc(N3c4cccc(c4)-c4ccccc4-c4cccc(c4)-c4nc(-c5ccccc5)cc(n4)-c4ccc(cc4)-c4cccc(c4)-c4cc3cc3c4c4ccccc4n3-c3ccccc3)cc2)cc1. The Hall–Kier alpha value is -16.9. The largest absolute Gasteiger partial charge is 0.457 e. The van der Waals surface area contributed by atoms with Crippen LogP contribution in [-0.4, -0.2) is 24.5 Å². The van der Waals surface area contributed by atoms with Gasteiger partial charge in [-0.25, -0.2) is 19.9 Å². The smallest absolute Gasteiger partial charge is 0.160 e. The minimum Gasteiger partial charge on any atom is -0.457 e. The Balaban J connectivity index is 0.000000156. The third-order valence-electron chi connectivity index (χ3n) is 23.9. The maximum atomic E-state index is 6.37. The van der Waals surface area contributed by atoms with Crippen LogP contribution in [0.5, 0.6) is 11.5 Å². The molecule has 0 saturated heterocycles. The maximum absolute atomic E-state index is 6.37. The topological polar surface area (TPSA) is 85.3 Å². The van der Waals surface area contributed by atoms with E-state index in [0.717, 1.165) is 207 Å². The highest BCUT2D eigenvalue weighted by Gasteiger charge is 2.26. The normalized spacial score (nSPS) is 11.8. The van der Waals surface area contributed by atoms with Crippen LogP contribution < -0.4 is 14.5 Å². The van der Waals surface area contributed by atoms with Crippen LogP contribution in [0.4, 0.5) is 34.1 Å². The van der Waals surface area contributed by atoms with Crippen LogP contribution in [-0.2, 0) is 0 Å². The molecule has 22 bridgehead atoms. The Morgan fingerprint density at radius 3 is 1.19 bits per heavy atom. The second-order valence-corrected chi connectivity index (χ2v) is 31.7. The van der Waals surface area contributed by atoms with E-state index in [1.165, 1.54) is 10.8 Å². The first-order chi connectivity index (χ1) is 61.9. The van der Waals surface area contributed by atoms with E-state index in [1.807, 2.05) is 54.6 Å². The lowest BCUT2D eigenvalue weighted by atomic mass is 9.93. The molecule has 586 valence electrons. The van der Waals surface area contributed by atoms with Gasteiger partial charge in [-0.15, -0.1) is 0 Å². The molecule has 3 aliphatic rings. The predicted octanol–water partition coefficient (Wildman–Crippen LogP) is 31.3. The summed E-state index contributed by atoms with van der Waals surface area (Å²) in [6, 6.07) is 161. The third-order valence-corrected chi connectivity index (χ3v) is 23.9. The number of hydrogen-bond acceptors (Lipinski definition) is 8. The van der Waals surface area contributed by atoms with Gasteiger partial charge in [-0.05, 0) is 243 Å². The minimum absolute atomic E-state index is 0.670. The molecule has 7 heterocycles. The molecule has 0 amide bonds. The van der Waals surface area contributed by atoms with Crippen LogP contribution >= 0.6 is 0 Å². The van der Waals surface area contributed by atoms with Gasteiger partial charge in [0.25, 0.3) is 0 Å². The molecule has 22 aromatic rings. The quantitative estimate of drug-likeness (QED) is 0.156. The molecule has 0 unspecified atom stereocenters. The summed E-state index contributed by atoms with van der Waals surface area (Å²) in [5.74, 6) is 2.89. The number of anilines is 6. The van der Waals surface area contributed by atoms with E-state index in [1.54, 1.807) is 0 Å². The molecule has 9 nitrogen and oxygen atoms in total. The Morgan fingerprint density at radius 2 is 0.568 bits per heavy atom. The molecule has 18 aromatic carbocycles. The van der Waals surface area contributed by atoms with E-state index in [2.05, 4.69) is 415 Å². The molecule has 9 heteroatoms. The van der Waals surface area contributed by atoms with Gasteiger partial charge < -0.3 is 23.5 Å². The van der Waals surface area contributed by atoms with Crippen LogP contribution in [0.25, 0.3) is 184 Å². The van der Waals surface area contributed by atoms with E-state index < -0.39 is 0 Å². The minimum atomic E-state index is 0.670. The summed E-state index contributed by atoms with van der Waals surface area (Å²) in [7, 11) is 0. The third kappa shape index (κ3) is 14.0. The van der Waals surface area contributed by atoms with Gasteiger partial charge in [-0.3, -0.25) is 0 Å². The van der Waals surface area contributed by atoms with Crippen molar-refractivity contribution in [2.45, 2.75) is 0 Å². The van der Waals surface area contributed by atoms with Gasteiger partial charge in [0, 0.05) is 94.7 Å². The Kier molecular flexibility index (Phi) is 18.4. The van der Waals surface area contributed by atoms with Crippen LogP contribution in [0.15, 0.2) is 459 Å². The van der Waals surface area contributed by atoms with Crippen LogP contribution in [0.2, 0.25) is 0 Å². The summed E-state index contributed by atoms with van der Waals surface area (Å²) >= 11 is 0. The molecule has 0 radical (unpaired) electrons. The van der Waals surface area contributed by atoms with Crippen molar-refractivity contribution >= 4 is 77.9 Å². The Morgan fingerprint density at radius 1 is 0.192 bits per heavy atom. The highest BCUT2D eigenvalue weighted by Crippen LogP contribution is 2.49. The molecule has 0 N–H and O–H groups in total. The number of fused-ring (bicyclic) bond motifs is 22. The monoisotopic (exact) mass is 1600 g/mol. The van der Waals surface area contributed by atoms with Crippen LogP contribution in [0.1, 0.15) is 0 Å². The zero-order valence-corrected chi connectivity index (χ0v) is 67.7. The molecule has 0 aliphatic carbocycles. The van der Waals surface area contributed by atoms with Crippen molar-refractivity contribution in [2.75, 3.05) is 9.80 Å². The molecule has 4 aromatic heterocycles. The van der Waals surface area contributed by atoms with Crippen molar-refractivity contribution in [3.8, 4) is 152 Å². The summed E-state index contributed by atoms with van der Waals surface area (Å²) in [5, 5.41) is 4.54. The fourth-order valence-corrected chi connectivity index (χ4v) is 18.0. The van der Waals surface area contributed by atoms with E-state index >= 15 is 0 Å². The summed E-state index contributed by atoms with van der Waals surface area (Å²) in [4.78, 5) is 25.7. The number of furan rings is 1. The summed E-state index contributed by atoms with van der Waals surface area (Å²) in [6.45, 7) is 0. The highest BCUT2D eigenvalue weighted by molar-refractivity contribution is 6.17. The molecule has 0 atom stereocenters. The highest BCUT2D eigenvalue weighted by atomic mass is 16.5. The molecule has 0 fully saturated rings. The second-order valence-electron chi connectivity index (χ2n) is 31.7. The first-order valence-electron chi connectivity index (χ1n) is 42.2. The van der Waals surface area contributed by atoms with Crippen molar-refractivity contribution in [3.05, 3.63) is 455 Å². The Bertz CT molecular complexity index is 7770. The van der Waals surface area contributed by atoms with Gasteiger partial charge in [0.15, 0.2) is 11.6 Å². The number of rotatable bonds is 7. The maximum Gasteiger partial charge on any atom is 0.160 e. The number of ether oxygens (including phenoxy) is 1. The van der Waals surface area contributed by atoms with Crippen molar-refractivity contribution in [1.82, 2.24) is 24.5 Å². The standard InChI is InChI=1S/C70H46N4O.C46H29N3O/c1-4-17-48(18-5-1)65-46-66-49-35-33-47(34-36-49)50-19-14-21-52(41-50)64-44-58(45-68-69(64)63-31-12-13-32-67(63)74(68)55-24-6-2-7-25-55)73(56-37-39-60(40-38-56)75-59-27-8-3-9-28-59)57-26-16-22-53(43-57)62-30-11-10-29-61(62)51-20-15-23-54(42-51)70(71-65)72-66;1-2-16-37(17-3-1)49-38-18-8-12-32(26-38)30-10-6-14-34(24-30)42-29-43(35-22-23-45-41(28-35)40-20-4-5-21-44(40)50-45)48-46(47-42)36-15-7-11-31(25-36)33-13-9-19-39(49)27-33/h1-46H;1-29H. The fourth-order valence-electron chi connectivity index (χ4n) is 18.0. The molecular formula is C116H75N7O2. The summed E-state index contributed by atoms with van der Waals surface area (Å²) < 4.78 is 14.9. The van der Waals surface area contributed by atoms with Crippen molar-refractivity contribution in [1.29, 1.82) is 0 Å². The molecule has 125 heavy (non-hydrogen) atoms. The van der Waals surface area contributed by atoms with E-state index in [9.17, 15) is 0 Å². The van der Waals surface area contributed by atoms with Gasteiger partial charge in [-0.1, -0.05) is 279 Å². The van der Waals surface area contributed by atoms with Crippen LogP contribution in [0, 0.1) is 0 Å². The second kappa shape index (κ2) is 31.4. The molecule has 25 rings (SSSR count). The van der Waals surface area contributed by atoms with Gasteiger partial charge in [-0.2, -0.15) is 0 Å². The number of aromatic nitrogens is 5. The lowest BCUT2D eigenvalue weighted by Crippen LogP contribution is -2.10. The lowest BCUT2D eigenvalue weighted by molar-refractivity contribution is 0.483. The zero-order valence-electron chi connectivity index (χ0n) is 67.7. The number of benzene rings is 18. The van der Waals surface area contributed by atoms with E-state index in [4.69, 9.17) is 29.1 Å². The average molecular weight is 1600 g/mol. The van der Waals surface area contributed by atoms with E-state index in [0.29, 0.717) is 11.6 Å². The number of para-hydroxylation sites is 5. The van der Waals surface area contributed by atoms with Gasteiger partial charge in [0.2, 0.25) is 0 Å². The van der Waals surface area contributed by atoms with Gasteiger partial charge in [0.1, 0.15) is 22.7 Å². The molecular weight excluding hydrogens is 1520 g/mol. The predicted molar refractivity (Wildman–Crippen MR) is 514 cm³/mol. The van der Waals surface area contributed by atoms with Gasteiger partial charge in [0.05, 0.1) is 33.8 Å². The zero-order chi connectivity index (χ0) is 82.7. The lowest BCUT2D eigenvalue weighted by Gasteiger charge is -2.27. The van der Waals surface area contributed by atoms with Crippen LogP contribution in [0.3, 0.4) is 0 Å². The fraction of sp³-hybridized carbons (Fsp3) is 0. The van der Waals surface area contributed by atoms with Crippen molar-refractivity contribution in [2.24, 2.45) is 0 Å². The number of nitrogens with zero attached hydrogens (tertiary/aromatic N) is 7. The summed E-state index contributed by atoms with van der Waals surface area (Å²) in [5.41, 5.74) is 34.1. The first-order valence-corrected chi connectivity index (χ1v) is 42.2. The van der Waals surface area contributed by atoms with Crippen molar-refractivity contribution < 1.29 is 9.15 Å². The molecule has 0 spiro atoms. The van der Waals surface area contributed by atoms with Gasteiger partial charge >= 0.3 is 0 Å². The number of hydrogen-bond donors (Lipinski definition) is 0. The molecule has 3 aliphatic heterocycles. The van der Waals surface area contributed by atoms with Crippen molar-refractivity contribution in [3.63, 3.8) is 0 Å². The molecule has 0 saturated carbocycles. The average Bonchev–Trinajstić information content (AvgIpc) is 1.58.